The smallest absolute Gasteiger partial charge is 0.387 e. The highest BCUT2D eigenvalue weighted by atomic mass is 19.3. The average Bonchev–Trinajstić information content (AvgIpc) is 2.34. The molecular formula is C12H11F2NO4. The lowest BCUT2D eigenvalue weighted by Gasteiger charge is -2.13. The van der Waals surface area contributed by atoms with E-state index < -0.39 is 30.5 Å². The molecule has 1 rings (SSSR count). The first-order valence-corrected chi connectivity index (χ1v) is 5.35. The van der Waals surface area contributed by atoms with Gasteiger partial charge in [-0.15, -0.1) is 0 Å². The largest absolute Gasteiger partial charge is 0.508 e. The molecule has 0 saturated carbocycles. The molecule has 1 N–H and O–H groups in total. The van der Waals surface area contributed by atoms with Crippen LogP contribution in [0.2, 0.25) is 0 Å². The van der Waals surface area contributed by atoms with Crippen LogP contribution in [0.15, 0.2) is 12.1 Å². The van der Waals surface area contributed by atoms with E-state index in [1.165, 1.54) is 0 Å². The summed E-state index contributed by atoms with van der Waals surface area (Å²) in [5.41, 5.74) is -0.393. The molecule has 0 fully saturated rings. The van der Waals surface area contributed by atoms with Gasteiger partial charge in [0.1, 0.15) is 11.8 Å². The van der Waals surface area contributed by atoms with Gasteiger partial charge in [0.2, 0.25) is 0 Å². The van der Waals surface area contributed by atoms with Gasteiger partial charge in [0.05, 0.1) is 18.6 Å². The lowest BCUT2D eigenvalue weighted by Crippen LogP contribution is -2.12. The molecule has 0 aromatic heterocycles. The lowest BCUT2D eigenvalue weighted by molar-refractivity contribution is -0.142. The molecule has 0 spiro atoms. The minimum Gasteiger partial charge on any atom is -0.508 e. The molecule has 102 valence electrons. The fraction of sp³-hybridized carbons (Fsp3) is 0.333. The van der Waals surface area contributed by atoms with Gasteiger partial charge in [-0.1, -0.05) is 0 Å². The van der Waals surface area contributed by atoms with Gasteiger partial charge < -0.3 is 14.6 Å². The molecule has 0 saturated heterocycles. The zero-order valence-electron chi connectivity index (χ0n) is 10.0. The van der Waals surface area contributed by atoms with Crippen LogP contribution in [0.25, 0.3) is 0 Å². The zero-order valence-corrected chi connectivity index (χ0v) is 10.0. The van der Waals surface area contributed by atoms with E-state index in [4.69, 9.17) is 5.26 Å². The normalized spacial score (nSPS) is 10.1. The quantitative estimate of drug-likeness (QED) is 0.828. The Morgan fingerprint density at radius 3 is 2.74 bits per heavy atom. The Labute approximate surface area is 108 Å². The second-order valence-corrected chi connectivity index (χ2v) is 3.41. The third-order valence-corrected chi connectivity index (χ3v) is 2.19. The van der Waals surface area contributed by atoms with Crippen LogP contribution >= 0.6 is 0 Å². The molecule has 1 aromatic carbocycles. The fourth-order valence-electron chi connectivity index (χ4n) is 1.46. The number of carbonyl (C=O) groups is 1. The molecule has 0 aliphatic heterocycles. The maximum absolute atomic E-state index is 12.3. The molecular weight excluding hydrogens is 260 g/mol. The number of phenolic OH excluding ortho intramolecular Hbond substituents is 1. The molecule has 0 amide bonds. The summed E-state index contributed by atoms with van der Waals surface area (Å²) >= 11 is 0. The molecule has 5 nitrogen and oxygen atoms in total. The predicted molar refractivity (Wildman–Crippen MR) is 59.8 cm³/mol. The van der Waals surface area contributed by atoms with Gasteiger partial charge in [0, 0.05) is 5.56 Å². The summed E-state index contributed by atoms with van der Waals surface area (Å²) in [4.78, 5) is 11.3. The molecule has 0 unspecified atom stereocenters. The third-order valence-electron chi connectivity index (χ3n) is 2.19. The first kappa shape index (κ1) is 14.7. The Hall–Kier alpha value is -2.36. The maximum Gasteiger partial charge on any atom is 0.387 e. The second-order valence-electron chi connectivity index (χ2n) is 3.41. The number of hydrogen-bond acceptors (Lipinski definition) is 5. The summed E-state index contributed by atoms with van der Waals surface area (Å²) in [6, 6.07) is 3.91. The Kier molecular flexibility index (Phi) is 5.06. The van der Waals surface area contributed by atoms with Gasteiger partial charge in [0.15, 0.2) is 5.75 Å². The lowest BCUT2D eigenvalue weighted by atomic mass is 10.1. The monoisotopic (exact) mass is 271 g/mol. The summed E-state index contributed by atoms with van der Waals surface area (Å²) in [7, 11) is 0. The van der Waals surface area contributed by atoms with E-state index in [0.29, 0.717) is 0 Å². The number of ether oxygens (including phenoxy) is 2. The van der Waals surface area contributed by atoms with Crippen molar-refractivity contribution in [2.75, 3.05) is 6.61 Å². The number of rotatable bonds is 5. The van der Waals surface area contributed by atoms with Crippen LogP contribution in [0, 0.1) is 11.3 Å². The summed E-state index contributed by atoms with van der Waals surface area (Å²) in [6.45, 7) is -1.47. The third kappa shape index (κ3) is 3.81. The Morgan fingerprint density at radius 2 is 2.21 bits per heavy atom. The standard InChI is InChI=1S/C12H11F2NO4/c1-2-18-10(17)5-8-9(16)4-3-7(6-15)11(8)19-12(13)14/h3-4,12,16H,2,5H2,1H3. The van der Waals surface area contributed by atoms with Crippen molar-refractivity contribution in [1.82, 2.24) is 0 Å². The van der Waals surface area contributed by atoms with Gasteiger partial charge in [0.25, 0.3) is 0 Å². The molecule has 1 aromatic rings. The average molecular weight is 271 g/mol. The van der Waals surface area contributed by atoms with Crippen LogP contribution < -0.4 is 4.74 Å². The van der Waals surface area contributed by atoms with E-state index in [2.05, 4.69) is 9.47 Å². The number of nitrogens with zero attached hydrogens (tertiary/aromatic N) is 1. The molecule has 0 aliphatic carbocycles. The van der Waals surface area contributed by atoms with Gasteiger partial charge >= 0.3 is 12.6 Å². The topological polar surface area (TPSA) is 79.5 Å². The van der Waals surface area contributed by atoms with Gasteiger partial charge in [-0.25, -0.2) is 0 Å². The first-order valence-electron chi connectivity index (χ1n) is 5.35. The van der Waals surface area contributed by atoms with Crippen molar-refractivity contribution >= 4 is 5.97 Å². The molecule has 0 heterocycles. The van der Waals surface area contributed by atoms with Crippen LogP contribution in [0.4, 0.5) is 8.78 Å². The molecule has 0 radical (unpaired) electrons. The van der Waals surface area contributed by atoms with Crippen molar-refractivity contribution in [3.05, 3.63) is 23.3 Å². The fourth-order valence-corrected chi connectivity index (χ4v) is 1.46. The number of carbonyl (C=O) groups excluding carboxylic acids is 1. The van der Waals surface area contributed by atoms with Crippen LogP contribution in [0.5, 0.6) is 11.5 Å². The number of benzene rings is 1. The first-order chi connectivity index (χ1) is 8.99. The van der Waals surface area contributed by atoms with Crippen molar-refractivity contribution in [1.29, 1.82) is 5.26 Å². The summed E-state index contributed by atoms with van der Waals surface area (Å²) in [6.07, 6.45) is -0.461. The Balaban J connectivity index is 3.19. The van der Waals surface area contributed by atoms with Crippen molar-refractivity contribution < 1.29 is 28.2 Å². The van der Waals surface area contributed by atoms with E-state index in [1.807, 2.05) is 0 Å². The predicted octanol–water partition coefficient (Wildman–Crippen LogP) is 1.97. The van der Waals surface area contributed by atoms with E-state index in [-0.39, 0.29) is 17.7 Å². The van der Waals surface area contributed by atoms with Crippen LogP contribution in [0.3, 0.4) is 0 Å². The zero-order chi connectivity index (χ0) is 14.4. The van der Waals surface area contributed by atoms with E-state index >= 15 is 0 Å². The second kappa shape index (κ2) is 6.54. The summed E-state index contributed by atoms with van der Waals surface area (Å²) in [5.74, 6) is -1.64. The summed E-state index contributed by atoms with van der Waals surface area (Å²) in [5, 5.41) is 18.4. The number of esters is 1. The van der Waals surface area contributed by atoms with Gasteiger partial charge in [-0.2, -0.15) is 14.0 Å². The van der Waals surface area contributed by atoms with Crippen molar-refractivity contribution in [3.63, 3.8) is 0 Å². The maximum atomic E-state index is 12.3. The molecule has 19 heavy (non-hydrogen) atoms. The van der Waals surface area contributed by atoms with Crippen LogP contribution in [-0.2, 0) is 16.0 Å². The SMILES string of the molecule is CCOC(=O)Cc1c(O)ccc(C#N)c1OC(F)F. The number of nitriles is 1. The molecule has 0 aliphatic rings. The summed E-state index contributed by atoms with van der Waals surface area (Å²) < 4.78 is 33.5. The number of phenols is 1. The minimum atomic E-state index is -3.17. The molecule has 7 heteroatoms. The van der Waals surface area contributed by atoms with E-state index in [1.54, 1.807) is 13.0 Å². The highest BCUT2D eigenvalue weighted by Crippen LogP contribution is 2.33. The number of hydrogen-bond donors (Lipinski definition) is 1. The number of alkyl halides is 2. The Morgan fingerprint density at radius 1 is 1.53 bits per heavy atom. The highest BCUT2D eigenvalue weighted by molar-refractivity contribution is 5.75. The Bertz CT molecular complexity index is 511. The van der Waals surface area contributed by atoms with Crippen molar-refractivity contribution in [2.24, 2.45) is 0 Å². The van der Waals surface area contributed by atoms with Crippen LogP contribution in [0.1, 0.15) is 18.1 Å². The minimum absolute atomic E-state index is 0.114. The van der Waals surface area contributed by atoms with Crippen LogP contribution in [-0.4, -0.2) is 24.3 Å². The van der Waals surface area contributed by atoms with E-state index in [9.17, 15) is 18.7 Å². The van der Waals surface area contributed by atoms with Crippen molar-refractivity contribution in [3.8, 4) is 17.6 Å². The number of aromatic hydroxyl groups is 1. The van der Waals surface area contributed by atoms with Crippen molar-refractivity contribution in [2.45, 2.75) is 20.0 Å². The van der Waals surface area contributed by atoms with Gasteiger partial charge in [-0.05, 0) is 19.1 Å². The van der Waals surface area contributed by atoms with Gasteiger partial charge in [-0.3, -0.25) is 4.79 Å². The molecule has 0 bridgehead atoms. The highest BCUT2D eigenvalue weighted by Gasteiger charge is 2.20. The number of halogens is 2. The van der Waals surface area contributed by atoms with E-state index in [0.717, 1.165) is 12.1 Å². The molecule has 0 atom stereocenters.